The van der Waals surface area contributed by atoms with Gasteiger partial charge in [-0.2, -0.15) is 0 Å². The minimum atomic E-state index is -0.673. The first-order chi connectivity index (χ1) is 9.74. The average molecular weight is 285 g/mol. The van der Waals surface area contributed by atoms with Crippen LogP contribution >= 0.6 is 0 Å². The van der Waals surface area contributed by atoms with Crippen LogP contribution in [0, 0.1) is 6.42 Å². The molecule has 0 aromatic rings. The lowest BCUT2D eigenvalue weighted by molar-refractivity contribution is 0.0129. The molecule has 0 heterocycles. The van der Waals surface area contributed by atoms with Crippen molar-refractivity contribution >= 4 is 12.3 Å². The summed E-state index contributed by atoms with van der Waals surface area (Å²) >= 11 is 0. The smallest absolute Gasteiger partial charge is 0.434 e. The third-order valence-electron chi connectivity index (χ3n) is 3.24. The number of hydrogen-bond donors (Lipinski definition) is 0. The molecule has 0 bridgehead atoms. The molecular formula is C14H21O6. The standard InChI is InChI=1S/C14H21O6/c15-13(19-11-5-2-1-3-6-11)17-9-4-10-18-14(16)20-12-7-8-12/h4,11-12H,1-3,5-10H2. The second kappa shape index (κ2) is 7.97. The van der Waals surface area contributed by atoms with Crippen molar-refractivity contribution < 1.29 is 28.5 Å². The van der Waals surface area contributed by atoms with Gasteiger partial charge in [-0.05, 0) is 38.5 Å². The monoisotopic (exact) mass is 285 g/mol. The molecule has 0 amide bonds. The van der Waals surface area contributed by atoms with Gasteiger partial charge in [-0.15, -0.1) is 0 Å². The van der Waals surface area contributed by atoms with Crippen LogP contribution < -0.4 is 0 Å². The first-order valence-electron chi connectivity index (χ1n) is 7.22. The summed E-state index contributed by atoms with van der Waals surface area (Å²) in [6.45, 7) is 0.116. The Bertz CT molecular complexity index is 320. The van der Waals surface area contributed by atoms with Gasteiger partial charge in [-0.3, -0.25) is 0 Å². The van der Waals surface area contributed by atoms with Crippen molar-refractivity contribution in [1.29, 1.82) is 0 Å². The minimum absolute atomic E-state index is 0.0129. The first-order valence-corrected chi connectivity index (χ1v) is 7.22. The molecule has 0 atom stereocenters. The van der Waals surface area contributed by atoms with Crippen LogP contribution in [0.3, 0.4) is 0 Å². The maximum Gasteiger partial charge on any atom is 0.508 e. The van der Waals surface area contributed by atoms with Gasteiger partial charge >= 0.3 is 12.3 Å². The Morgan fingerprint density at radius 3 is 1.80 bits per heavy atom. The quantitative estimate of drug-likeness (QED) is 0.552. The molecule has 2 fully saturated rings. The molecule has 2 rings (SSSR count). The van der Waals surface area contributed by atoms with E-state index in [0.29, 0.717) is 0 Å². The molecule has 6 heteroatoms. The maximum absolute atomic E-state index is 11.4. The van der Waals surface area contributed by atoms with E-state index in [9.17, 15) is 9.59 Å². The highest BCUT2D eigenvalue weighted by Crippen LogP contribution is 2.23. The summed E-state index contributed by atoms with van der Waals surface area (Å²) in [6.07, 6.45) is 7.27. The van der Waals surface area contributed by atoms with E-state index in [1.165, 1.54) is 12.8 Å². The SMILES string of the molecule is O=C(OC[CH]COC(=O)OC1CC1)OC1CCCCC1. The van der Waals surface area contributed by atoms with E-state index in [0.717, 1.165) is 38.5 Å². The van der Waals surface area contributed by atoms with Crippen LogP contribution in [0.5, 0.6) is 0 Å². The molecule has 0 spiro atoms. The maximum atomic E-state index is 11.4. The summed E-state index contributed by atoms with van der Waals surface area (Å²) < 4.78 is 19.7. The largest absolute Gasteiger partial charge is 0.508 e. The van der Waals surface area contributed by atoms with Crippen LogP contribution in [0.25, 0.3) is 0 Å². The Morgan fingerprint density at radius 1 is 0.800 bits per heavy atom. The number of carbonyl (C=O) groups excluding carboxylic acids is 2. The van der Waals surface area contributed by atoms with E-state index in [2.05, 4.69) is 0 Å². The predicted molar refractivity (Wildman–Crippen MR) is 69.1 cm³/mol. The van der Waals surface area contributed by atoms with Crippen molar-refractivity contribution in [3.05, 3.63) is 6.42 Å². The van der Waals surface area contributed by atoms with Gasteiger partial charge in [0, 0.05) is 6.42 Å². The number of carbonyl (C=O) groups is 2. The summed E-state index contributed by atoms with van der Waals surface area (Å²) in [4.78, 5) is 22.4. The third kappa shape index (κ3) is 6.12. The Hall–Kier alpha value is -1.46. The Kier molecular flexibility index (Phi) is 5.95. The van der Waals surface area contributed by atoms with E-state index in [1.807, 2.05) is 0 Å². The normalized spacial score (nSPS) is 19.2. The van der Waals surface area contributed by atoms with Crippen molar-refractivity contribution in [2.24, 2.45) is 0 Å². The van der Waals surface area contributed by atoms with E-state index >= 15 is 0 Å². The van der Waals surface area contributed by atoms with Gasteiger partial charge in [0.25, 0.3) is 0 Å². The topological polar surface area (TPSA) is 71.1 Å². The molecule has 0 N–H and O–H groups in total. The predicted octanol–water partition coefficient (Wildman–Crippen LogP) is 2.99. The molecule has 2 aliphatic carbocycles. The molecule has 6 nitrogen and oxygen atoms in total. The molecule has 2 aliphatic rings. The van der Waals surface area contributed by atoms with E-state index in [-0.39, 0.29) is 25.4 Å². The van der Waals surface area contributed by atoms with Gasteiger partial charge in [-0.25, -0.2) is 9.59 Å². The summed E-state index contributed by atoms with van der Waals surface area (Å²) in [5, 5.41) is 0. The highest BCUT2D eigenvalue weighted by Gasteiger charge is 2.26. The fourth-order valence-electron chi connectivity index (χ4n) is 2.01. The van der Waals surface area contributed by atoms with Crippen LogP contribution in [-0.4, -0.2) is 37.7 Å². The van der Waals surface area contributed by atoms with Crippen LogP contribution in [0.2, 0.25) is 0 Å². The Balaban J connectivity index is 1.43. The molecule has 2 saturated carbocycles. The Morgan fingerprint density at radius 2 is 1.30 bits per heavy atom. The lowest BCUT2D eigenvalue weighted by Crippen LogP contribution is -2.22. The summed E-state index contributed by atoms with van der Waals surface area (Å²) in [5.41, 5.74) is 0. The fourth-order valence-corrected chi connectivity index (χ4v) is 2.01. The van der Waals surface area contributed by atoms with Crippen molar-refractivity contribution in [2.75, 3.05) is 13.2 Å². The molecule has 0 aromatic carbocycles. The third-order valence-corrected chi connectivity index (χ3v) is 3.24. The lowest BCUT2D eigenvalue weighted by atomic mass is 9.98. The number of hydrogen-bond acceptors (Lipinski definition) is 6. The van der Waals surface area contributed by atoms with E-state index < -0.39 is 12.3 Å². The molecule has 0 saturated heterocycles. The second-order valence-corrected chi connectivity index (χ2v) is 5.11. The van der Waals surface area contributed by atoms with Crippen LogP contribution in [0.1, 0.15) is 44.9 Å². The van der Waals surface area contributed by atoms with Gasteiger partial charge in [-0.1, -0.05) is 6.42 Å². The highest BCUT2D eigenvalue weighted by molar-refractivity contribution is 5.61. The van der Waals surface area contributed by atoms with Gasteiger partial charge in [0.05, 0.1) is 0 Å². The van der Waals surface area contributed by atoms with Crippen molar-refractivity contribution in [3.63, 3.8) is 0 Å². The fraction of sp³-hybridized carbons (Fsp3) is 0.786. The van der Waals surface area contributed by atoms with Crippen LogP contribution in [0.4, 0.5) is 9.59 Å². The molecule has 20 heavy (non-hydrogen) atoms. The summed E-state index contributed by atoms with van der Waals surface area (Å²) in [7, 11) is 0. The zero-order valence-corrected chi connectivity index (χ0v) is 11.5. The van der Waals surface area contributed by atoms with Crippen LogP contribution in [0.15, 0.2) is 0 Å². The average Bonchev–Trinajstić information content (AvgIpc) is 3.23. The Labute approximate surface area is 118 Å². The highest BCUT2D eigenvalue weighted by atomic mass is 16.7. The summed E-state index contributed by atoms with van der Waals surface area (Å²) in [5.74, 6) is 0. The summed E-state index contributed by atoms with van der Waals surface area (Å²) in [6, 6.07) is 0. The van der Waals surface area contributed by atoms with Gasteiger partial charge in [0.1, 0.15) is 25.4 Å². The first kappa shape index (κ1) is 14.9. The van der Waals surface area contributed by atoms with Gasteiger partial charge in [0.15, 0.2) is 0 Å². The molecule has 0 unspecified atom stereocenters. The van der Waals surface area contributed by atoms with Crippen molar-refractivity contribution in [1.82, 2.24) is 0 Å². The molecule has 1 radical (unpaired) electrons. The number of ether oxygens (including phenoxy) is 4. The van der Waals surface area contributed by atoms with E-state index in [4.69, 9.17) is 18.9 Å². The molecule has 0 aliphatic heterocycles. The minimum Gasteiger partial charge on any atom is -0.434 e. The van der Waals surface area contributed by atoms with Crippen molar-refractivity contribution in [3.8, 4) is 0 Å². The lowest BCUT2D eigenvalue weighted by Gasteiger charge is -2.21. The van der Waals surface area contributed by atoms with Crippen molar-refractivity contribution in [2.45, 2.75) is 57.2 Å². The van der Waals surface area contributed by atoms with Gasteiger partial charge in [0.2, 0.25) is 0 Å². The second-order valence-electron chi connectivity index (χ2n) is 5.11. The van der Waals surface area contributed by atoms with Gasteiger partial charge < -0.3 is 18.9 Å². The zero-order chi connectivity index (χ0) is 14.2. The van der Waals surface area contributed by atoms with E-state index in [1.54, 1.807) is 0 Å². The van der Waals surface area contributed by atoms with Crippen LogP contribution in [-0.2, 0) is 18.9 Å². The molecule has 113 valence electrons. The molecular weight excluding hydrogens is 264 g/mol. The molecule has 0 aromatic heterocycles. The zero-order valence-electron chi connectivity index (χ0n) is 11.5. The number of rotatable bonds is 6.